The van der Waals surface area contributed by atoms with Gasteiger partial charge in [-0.05, 0) is 37.8 Å². The third kappa shape index (κ3) is 3.16. The fraction of sp³-hybridized carbons (Fsp3) is 0.556. The van der Waals surface area contributed by atoms with Gasteiger partial charge in [0.05, 0.1) is 12.2 Å². The summed E-state index contributed by atoms with van der Waals surface area (Å²) >= 11 is 0. The molecule has 0 radical (unpaired) electrons. The summed E-state index contributed by atoms with van der Waals surface area (Å²) < 4.78 is 8.07. The predicted octanol–water partition coefficient (Wildman–Crippen LogP) is 3.63. The zero-order valence-electron chi connectivity index (χ0n) is 13.8. The van der Waals surface area contributed by atoms with Gasteiger partial charge in [0.1, 0.15) is 11.9 Å². The Balaban J connectivity index is 1.61. The van der Waals surface area contributed by atoms with E-state index >= 15 is 0 Å². The topological polar surface area (TPSA) is 39.9 Å². The molecule has 3 rings (SSSR count). The number of aryl methyl sites for hydroxylation is 3. The number of hydrogen-bond donors (Lipinski definition) is 0. The van der Waals surface area contributed by atoms with Crippen LogP contribution in [0.2, 0.25) is 0 Å². The summed E-state index contributed by atoms with van der Waals surface area (Å²) in [5.74, 6) is 1.08. The van der Waals surface area contributed by atoms with E-state index in [1.807, 2.05) is 4.68 Å². The zero-order chi connectivity index (χ0) is 15.5. The van der Waals surface area contributed by atoms with Gasteiger partial charge in [-0.2, -0.15) is 0 Å². The second kappa shape index (κ2) is 6.51. The van der Waals surface area contributed by atoms with Gasteiger partial charge in [0.2, 0.25) is 0 Å². The number of ether oxygens (including phenoxy) is 1. The minimum Gasteiger partial charge on any atom is -0.488 e. The highest BCUT2D eigenvalue weighted by atomic mass is 16.5. The van der Waals surface area contributed by atoms with Gasteiger partial charge in [0.15, 0.2) is 0 Å². The smallest absolute Gasteiger partial charge is 0.126 e. The Morgan fingerprint density at radius 1 is 1.23 bits per heavy atom. The van der Waals surface area contributed by atoms with Crippen LogP contribution in [0.15, 0.2) is 18.3 Å². The van der Waals surface area contributed by atoms with E-state index in [1.54, 1.807) is 0 Å². The molecule has 0 fully saturated rings. The molecule has 4 nitrogen and oxygen atoms in total. The van der Waals surface area contributed by atoms with Gasteiger partial charge in [-0.3, -0.25) is 0 Å². The fourth-order valence-corrected chi connectivity index (χ4v) is 3.11. The first kappa shape index (κ1) is 15.1. The highest BCUT2D eigenvalue weighted by Crippen LogP contribution is 2.34. The number of unbranched alkanes of at least 4 members (excludes halogenated alkanes) is 2. The number of aromatic nitrogens is 3. The molecule has 1 unspecified atom stereocenters. The molecular formula is C18H25N3O. The van der Waals surface area contributed by atoms with E-state index in [0.29, 0.717) is 0 Å². The van der Waals surface area contributed by atoms with E-state index in [0.717, 1.165) is 30.8 Å². The monoisotopic (exact) mass is 299 g/mol. The van der Waals surface area contributed by atoms with Crippen molar-refractivity contribution in [2.24, 2.45) is 0 Å². The van der Waals surface area contributed by atoms with E-state index < -0.39 is 0 Å². The maximum absolute atomic E-state index is 6.14. The Morgan fingerprint density at radius 3 is 2.82 bits per heavy atom. The van der Waals surface area contributed by atoms with Crippen molar-refractivity contribution in [3.63, 3.8) is 0 Å². The fourth-order valence-electron chi connectivity index (χ4n) is 3.11. The maximum atomic E-state index is 6.14. The van der Waals surface area contributed by atoms with Gasteiger partial charge in [0.25, 0.3) is 0 Å². The molecule has 0 spiro atoms. The van der Waals surface area contributed by atoms with Gasteiger partial charge in [-0.1, -0.05) is 37.1 Å². The van der Waals surface area contributed by atoms with Gasteiger partial charge >= 0.3 is 0 Å². The normalized spacial score (nSPS) is 16.6. The Labute approximate surface area is 132 Å². The van der Waals surface area contributed by atoms with E-state index in [4.69, 9.17) is 4.74 Å². The first-order valence-electron chi connectivity index (χ1n) is 8.32. The van der Waals surface area contributed by atoms with Crippen molar-refractivity contribution in [1.82, 2.24) is 15.0 Å². The molecule has 1 aromatic carbocycles. The number of benzene rings is 1. The van der Waals surface area contributed by atoms with Crippen molar-refractivity contribution in [2.45, 2.75) is 65.5 Å². The molecule has 0 saturated heterocycles. The molecule has 22 heavy (non-hydrogen) atoms. The van der Waals surface area contributed by atoms with Crippen molar-refractivity contribution < 1.29 is 4.74 Å². The van der Waals surface area contributed by atoms with Crippen LogP contribution in [0, 0.1) is 13.8 Å². The molecule has 0 saturated carbocycles. The van der Waals surface area contributed by atoms with Gasteiger partial charge < -0.3 is 4.74 Å². The molecular weight excluding hydrogens is 274 g/mol. The Hall–Kier alpha value is -1.84. The second-order valence-corrected chi connectivity index (χ2v) is 6.34. The second-order valence-electron chi connectivity index (χ2n) is 6.34. The molecule has 2 aromatic rings. The lowest BCUT2D eigenvalue weighted by atomic mass is 10.0. The highest BCUT2D eigenvalue weighted by Gasteiger charge is 2.26. The quantitative estimate of drug-likeness (QED) is 0.765. The maximum Gasteiger partial charge on any atom is 0.126 e. The lowest BCUT2D eigenvalue weighted by Gasteiger charge is -2.10. The van der Waals surface area contributed by atoms with E-state index in [-0.39, 0.29) is 6.10 Å². The number of hydrogen-bond acceptors (Lipinski definition) is 3. The summed E-state index contributed by atoms with van der Waals surface area (Å²) in [5.41, 5.74) is 4.99. The summed E-state index contributed by atoms with van der Waals surface area (Å²) in [6.07, 6.45) is 7.92. The van der Waals surface area contributed by atoms with Crippen LogP contribution in [0.25, 0.3) is 0 Å². The highest BCUT2D eigenvalue weighted by molar-refractivity contribution is 5.48. The number of fused-ring (bicyclic) bond motifs is 1. The van der Waals surface area contributed by atoms with Crippen LogP contribution in [-0.2, 0) is 19.4 Å². The summed E-state index contributed by atoms with van der Waals surface area (Å²) in [6, 6.07) is 4.32. The van der Waals surface area contributed by atoms with Crippen molar-refractivity contribution in [1.29, 1.82) is 0 Å². The Bertz CT molecular complexity index is 617. The van der Waals surface area contributed by atoms with Crippen molar-refractivity contribution in [3.8, 4) is 5.75 Å². The molecule has 4 heteroatoms. The summed E-state index contributed by atoms with van der Waals surface area (Å²) in [4.78, 5) is 0. The third-order valence-electron chi connectivity index (χ3n) is 4.42. The van der Waals surface area contributed by atoms with E-state index in [2.05, 4.69) is 49.4 Å². The molecule has 1 aliphatic rings. The average molecular weight is 299 g/mol. The molecule has 0 bridgehead atoms. The van der Waals surface area contributed by atoms with Gasteiger partial charge in [-0.25, -0.2) is 4.68 Å². The largest absolute Gasteiger partial charge is 0.488 e. The summed E-state index contributed by atoms with van der Waals surface area (Å²) in [7, 11) is 0. The molecule has 1 aliphatic heterocycles. The summed E-state index contributed by atoms with van der Waals surface area (Å²) in [5, 5.41) is 8.52. The zero-order valence-corrected chi connectivity index (χ0v) is 13.8. The third-order valence-corrected chi connectivity index (χ3v) is 4.42. The molecule has 2 heterocycles. The minimum atomic E-state index is 0.167. The van der Waals surface area contributed by atoms with Crippen LogP contribution in [0.1, 0.15) is 48.6 Å². The van der Waals surface area contributed by atoms with Crippen LogP contribution in [0.3, 0.4) is 0 Å². The van der Waals surface area contributed by atoms with Crippen LogP contribution in [0.4, 0.5) is 0 Å². The predicted molar refractivity (Wildman–Crippen MR) is 87.3 cm³/mol. The SMILES string of the molecule is CCCCCc1cn(CC2Cc3c(C)ccc(C)c3O2)nn1. The van der Waals surface area contributed by atoms with Crippen LogP contribution >= 0.6 is 0 Å². The van der Waals surface area contributed by atoms with E-state index in [9.17, 15) is 0 Å². The summed E-state index contributed by atoms with van der Waals surface area (Å²) in [6.45, 7) is 7.26. The standard InChI is InChI=1S/C18H25N3O/c1-4-5-6-7-15-11-21(20-19-15)12-16-10-17-13(2)8-9-14(3)18(17)22-16/h8-9,11,16H,4-7,10,12H2,1-3H3. The first-order chi connectivity index (χ1) is 10.7. The molecule has 1 atom stereocenters. The van der Waals surface area contributed by atoms with Gasteiger partial charge in [0, 0.05) is 18.2 Å². The van der Waals surface area contributed by atoms with Gasteiger partial charge in [-0.15, -0.1) is 5.10 Å². The Morgan fingerprint density at radius 2 is 2.05 bits per heavy atom. The average Bonchev–Trinajstić information content (AvgIpc) is 3.12. The first-order valence-corrected chi connectivity index (χ1v) is 8.32. The van der Waals surface area contributed by atoms with Crippen LogP contribution < -0.4 is 4.74 Å². The minimum absolute atomic E-state index is 0.167. The van der Waals surface area contributed by atoms with Crippen LogP contribution in [-0.4, -0.2) is 21.1 Å². The lowest BCUT2D eigenvalue weighted by molar-refractivity contribution is 0.201. The van der Waals surface area contributed by atoms with Crippen LogP contribution in [0.5, 0.6) is 5.75 Å². The molecule has 0 amide bonds. The van der Waals surface area contributed by atoms with Crippen molar-refractivity contribution in [3.05, 3.63) is 40.7 Å². The molecule has 0 aliphatic carbocycles. The molecule has 1 aromatic heterocycles. The Kier molecular flexibility index (Phi) is 4.46. The lowest BCUT2D eigenvalue weighted by Crippen LogP contribution is -2.21. The number of nitrogens with zero attached hydrogens (tertiary/aromatic N) is 3. The van der Waals surface area contributed by atoms with Crippen molar-refractivity contribution in [2.75, 3.05) is 0 Å². The van der Waals surface area contributed by atoms with Crippen molar-refractivity contribution >= 4 is 0 Å². The molecule has 0 N–H and O–H groups in total. The number of rotatable bonds is 6. The van der Waals surface area contributed by atoms with E-state index in [1.165, 1.54) is 36.0 Å². The molecule has 118 valence electrons.